The summed E-state index contributed by atoms with van der Waals surface area (Å²) in [6, 6.07) is 8.66. The van der Waals surface area contributed by atoms with Crippen LogP contribution in [0.3, 0.4) is 0 Å². The van der Waals surface area contributed by atoms with Crippen LogP contribution in [0.1, 0.15) is 43.4 Å². The van der Waals surface area contributed by atoms with E-state index in [-0.39, 0.29) is 6.10 Å². The van der Waals surface area contributed by atoms with E-state index in [0.717, 1.165) is 31.5 Å². The Kier molecular flexibility index (Phi) is 5.62. The molecule has 0 saturated carbocycles. The lowest BCUT2D eigenvalue weighted by atomic mass is 9.89. The molecular formula is C17H25NO. The van der Waals surface area contributed by atoms with Crippen molar-refractivity contribution in [2.24, 2.45) is 0 Å². The molecule has 1 aliphatic carbocycles. The van der Waals surface area contributed by atoms with E-state index in [1.54, 1.807) is 0 Å². The second kappa shape index (κ2) is 7.46. The van der Waals surface area contributed by atoms with Gasteiger partial charge in [-0.05, 0) is 48.9 Å². The highest BCUT2D eigenvalue weighted by Gasteiger charge is 2.20. The second-order valence-corrected chi connectivity index (χ2v) is 5.32. The molecule has 0 amide bonds. The predicted octanol–water partition coefficient (Wildman–Crippen LogP) is 3.64. The average molecular weight is 259 g/mol. The molecule has 1 aromatic carbocycles. The zero-order valence-electron chi connectivity index (χ0n) is 12.0. The van der Waals surface area contributed by atoms with Gasteiger partial charge in [-0.25, -0.2) is 0 Å². The van der Waals surface area contributed by atoms with E-state index in [2.05, 4.69) is 43.1 Å². The summed E-state index contributed by atoms with van der Waals surface area (Å²) in [4.78, 5) is 0. The van der Waals surface area contributed by atoms with Gasteiger partial charge in [-0.3, -0.25) is 0 Å². The quantitative estimate of drug-likeness (QED) is 0.596. The SMILES string of the molecule is C=C(CNCCC)COC1CCCc2ccccc21. The molecule has 1 N–H and O–H groups in total. The Hall–Kier alpha value is -1.12. The van der Waals surface area contributed by atoms with Crippen molar-refractivity contribution in [2.45, 2.75) is 38.7 Å². The number of hydrogen-bond acceptors (Lipinski definition) is 2. The molecule has 1 unspecified atom stereocenters. The zero-order valence-corrected chi connectivity index (χ0v) is 12.0. The average Bonchev–Trinajstić information content (AvgIpc) is 2.45. The molecule has 0 fully saturated rings. The van der Waals surface area contributed by atoms with Gasteiger partial charge in [0, 0.05) is 6.54 Å². The van der Waals surface area contributed by atoms with Crippen molar-refractivity contribution in [3.8, 4) is 0 Å². The van der Waals surface area contributed by atoms with Crippen molar-refractivity contribution < 1.29 is 4.74 Å². The highest BCUT2D eigenvalue weighted by atomic mass is 16.5. The maximum Gasteiger partial charge on any atom is 0.0832 e. The lowest BCUT2D eigenvalue weighted by Gasteiger charge is -2.26. The minimum Gasteiger partial charge on any atom is -0.369 e. The molecule has 2 nitrogen and oxygen atoms in total. The van der Waals surface area contributed by atoms with Gasteiger partial charge in [0.05, 0.1) is 12.7 Å². The van der Waals surface area contributed by atoms with Crippen molar-refractivity contribution in [3.05, 3.63) is 47.5 Å². The number of ether oxygens (including phenoxy) is 1. The van der Waals surface area contributed by atoms with Crippen molar-refractivity contribution >= 4 is 0 Å². The number of aryl methyl sites for hydroxylation is 1. The first-order valence-electron chi connectivity index (χ1n) is 7.38. The van der Waals surface area contributed by atoms with Crippen LogP contribution in [0.15, 0.2) is 36.4 Å². The minimum absolute atomic E-state index is 0.257. The van der Waals surface area contributed by atoms with Crippen LogP contribution >= 0.6 is 0 Å². The molecule has 104 valence electrons. The third-order valence-corrected chi connectivity index (χ3v) is 3.60. The van der Waals surface area contributed by atoms with E-state index in [1.165, 1.54) is 24.0 Å². The van der Waals surface area contributed by atoms with Gasteiger partial charge in [0.2, 0.25) is 0 Å². The zero-order chi connectivity index (χ0) is 13.5. The van der Waals surface area contributed by atoms with Gasteiger partial charge in [-0.2, -0.15) is 0 Å². The Bertz CT molecular complexity index is 413. The van der Waals surface area contributed by atoms with E-state index >= 15 is 0 Å². The Morgan fingerprint density at radius 3 is 3.11 bits per heavy atom. The summed E-state index contributed by atoms with van der Waals surface area (Å²) in [7, 11) is 0. The number of nitrogens with one attached hydrogen (secondary N) is 1. The lowest BCUT2D eigenvalue weighted by molar-refractivity contribution is 0.0558. The Morgan fingerprint density at radius 2 is 2.26 bits per heavy atom. The maximum atomic E-state index is 6.06. The maximum absolute atomic E-state index is 6.06. The smallest absolute Gasteiger partial charge is 0.0832 e. The fourth-order valence-electron chi connectivity index (χ4n) is 2.59. The molecule has 1 aliphatic rings. The number of hydrogen-bond donors (Lipinski definition) is 1. The molecule has 0 spiro atoms. The van der Waals surface area contributed by atoms with E-state index in [0.29, 0.717) is 6.61 Å². The summed E-state index contributed by atoms with van der Waals surface area (Å²) in [6.45, 7) is 8.82. The van der Waals surface area contributed by atoms with Gasteiger partial charge in [0.1, 0.15) is 0 Å². The van der Waals surface area contributed by atoms with Crippen LogP contribution in [-0.4, -0.2) is 19.7 Å². The summed E-state index contributed by atoms with van der Waals surface area (Å²) in [5.74, 6) is 0. The van der Waals surface area contributed by atoms with Crippen LogP contribution in [0.4, 0.5) is 0 Å². The second-order valence-electron chi connectivity index (χ2n) is 5.32. The van der Waals surface area contributed by atoms with E-state index in [1.807, 2.05) is 0 Å². The summed E-state index contributed by atoms with van der Waals surface area (Å²) >= 11 is 0. The fourth-order valence-corrected chi connectivity index (χ4v) is 2.59. The largest absolute Gasteiger partial charge is 0.369 e. The predicted molar refractivity (Wildman–Crippen MR) is 80.4 cm³/mol. The van der Waals surface area contributed by atoms with E-state index in [9.17, 15) is 0 Å². The molecule has 0 radical (unpaired) electrons. The molecule has 0 aromatic heterocycles. The Labute approximate surface area is 116 Å². The number of rotatable bonds is 7. The third kappa shape index (κ3) is 4.19. The Morgan fingerprint density at radius 1 is 1.42 bits per heavy atom. The van der Waals surface area contributed by atoms with Crippen LogP contribution in [0.2, 0.25) is 0 Å². The van der Waals surface area contributed by atoms with Crippen molar-refractivity contribution in [1.82, 2.24) is 5.32 Å². The first-order chi connectivity index (χ1) is 9.31. The van der Waals surface area contributed by atoms with Gasteiger partial charge < -0.3 is 10.1 Å². The highest BCUT2D eigenvalue weighted by Crippen LogP contribution is 2.32. The number of fused-ring (bicyclic) bond motifs is 1. The van der Waals surface area contributed by atoms with Crippen molar-refractivity contribution in [2.75, 3.05) is 19.7 Å². The van der Waals surface area contributed by atoms with Crippen LogP contribution in [-0.2, 0) is 11.2 Å². The molecule has 0 aliphatic heterocycles. The lowest BCUT2D eigenvalue weighted by Crippen LogP contribution is -2.21. The fraction of sp³-hybridized carbons (Fsp3) is 0.529. The topological polar surface area (TPSA) is 21.3 Å². The molecule has 0 saturated heterocycles. The summed E-state index contributed by atoms with van der Waals surface area (Å²) in [5.41, 5.74) is 3.97. The molecule has 1 atom stereocenters. The first kappa shape index (κ1) is 14.3. The van der Waals surface area contributed by atoms with Crippen LogP contribution in [0.25, 0.3) is 0 Å². The molecular weight excluding hydrogens is 234 g/mol. The van der Waals surface area contributed by atoms with Crippen molar-refractivity contribution in [3.63, 3.8) is 0 Å². The molecule has 1 aromatic rings. The highest BCUT2D eigenvalue weighted by molar-refractivity contribution is 5.31. The van der Waals surface area contributed by atoms with Gasteiger partial charge in [-0.1, -0.05) is 37.8 Å². The monoisotopic (exact) mass is 259 g/mol. The van der Waals surface area contributed by atoms with Gasteiger partial charge in [0.15, 0.2) is 0 Å². The normalized spacial score (nSPS) is 18.1. The third-order valence-electron chi connectivity index (χ3n) is 3.60. The summed E-state index contributed by atoms with van der Waals surface area (Å²) in [6.07, 6.45) is 4.96. The molecule has 19 heavy (non-hydrogen) atoms. The standard InChI is InChI=1S/C17H25NO/c1-3-11-18-12-14(2)13-19-17-10-6-8-15-7-4-5-9-16(15)17/h4-5,7,9,17-18H,2-3,6,8,10-13H2,1H3. The number of benzene rings is 1. The van der Waals surface area contributed by atoms with Crippen LogP contribution in [0.5, 0.6) is 0 Å². The van der Waals surface area contributed by atoms with Gasteiger partial charge in [0.25, 0.3) is 0 Å². The van der Waals surface area contributed by atoms with Gasteiger partial charge in [-0.15, -0.1) is 0 Å². The minimum atomic E-state index is 0.257. The van der Waals surface area contributed by atoms with E-state index < -0.39 is 0 Å². The van der Waals surface area contributed by atoms with E-state index in [4.69, 9.17) is 4.74 Å². The molecule has 2 heteroatoms. The van der Waals surface area contributed by atoms with Gasteiger partial charge >= 0.3 is 0 Å². The molecule has 0 bridgehead atoms. The summed E-state index contributed by atoms with van der Waals surface area (Å²) < 4.78 is 6.06. The van der Waals surface area contributed by atoms with Crippen molar-refractivity contribution in [1.29, 1.82) is 0 Å². The summed E-state index contributed by atoms with van der Waals surface area (Å²) in [5, 5.41) is 3.36. The molecule has 2 rings (SSSR count). The van der Waals surface area contributed by atoms with Crippen LogP contribution < -0.4 is 5.32 Å². The Balaban J connectivity index is 1.82. The van der Waals surface area contributed by atoms with Crippen LogP contribution in [0, 0.1) is 0 Å². The first-order valence-corrected chi connectivity index (χ1v) is 7.38. The molecule has 0 heterocycles.